The zero-order valence-corrected chi connectivity index (χ0v) is 18.5. The van der Waals surface area contributed by atoms with Crippen molar-refractivity contribution >= 4 is 23.2 Å². The second kappa shape index (κ2) is 11.2. The average molecular weight is 413 g/mol. The number of nitrogens with zero attached hydrogens (tertiary/aromatic N) is 2. The monoisotopic (exact) mass is 412 g/mol. The number of anilines is 2. The molecule has 0 spiro atoms. The molecule has 2 aromatic carbocycles. The fourth-order valence-corrected chi connectivity index (χ4v) is 3.09. The Kier molecular flexibility index (Phi) is 8.68. The molecule has 0 unspecified atom stereocenters. The van der Waals surface area contributed by atoms with Crippen molar-refractivity contribution in [1.82, 2.24) is 10.2 Å². The predicted molar refractivity (Wildman–Crippen MR) is 122 cm³/mol. The van der Waals surface area contributed by atoms with E-state index in [9.17, 15) is 9.59 Å². The molecular formula is C23H32N4O3. The average Bonchev–Trinajstić information content (AvgIpc) is 2.76. The first-order valence-electron chi connectivity index (χ1n) is 10.2. The molecule has 7 heteroatoms. The van der Waals surface area contributed by atoms with Gasteiger partial charge in [-0.05, 0) is 55.6 Å². The van der Waals surface area contributed by atoms with Crippen molar-refractivity contribution in [1.29, 1.82) is 0 Å². The fraction of sp³-hybridized carbons (Fsp3) is 0.391. The topological polar surface area (TPSA) is 73.9 Å². The van der Waals surface area contributed by atoms with Gasteiger partial charge in [-0.2, -0.15) is 0 Å². The van der Waals surface area contributed by atoms with Crippen LogP contribution in [0.15, 0.2) is 42.5 Å². The maximum absolute atomic E-state index is 12.8. The number of methoxy groups -OCH3 is 1. The Balaban J connectivity index is 2.14. The summed E-state index contributed by atoms with van der Waals surface area (Å²) in [6.45, 7) is 7.46. The molecule has 30 heavy (non-hydrogen) atoms. The van der Waals surface area contributed by atoms with E-state index >= 15 is 0 Å². The third-order valence-corrected chi connectivity index (χ3v) is 4.94. The van der Waals surface area contributed by atoms with E-state index in [0.717, 1.165) is 25.3 Å². The van der Waals surface area contributed by atoms with Gasteiger partial charge in [0.25, 0.3) is 11.8 Å². The number of ether oxygens (including phenoxy) is 1. The lowest BCUT2D eigenvalue weighted by Gasteiger charge is -2.20. The van der Waals surface area contributed by atoms with Crippen LogP contribution in [0.3, 0.4) is 0 Å². The first-order valence-corrected chi connectivity index (χ1v) is 10.2. The summed E-state index contributed by atoms with van der Waals surface area (Å²) in [4.78, 5) is 29.5. The van der Waals surface area contributed by atoms with Gasteiger partial charge in [0, 0.05) is 44.1 Å². The molecule has 0 bridgehead atoms. The highest BCUT2D eigenvalue weighted by Crippen LogP contribution is 2.23. The quantitative estimate of drug-likeness (QED) is 0.627. The van der Waals surface area contributed by atoms with Crippen LogP contribution in [0.25, 0.3) is 0 Å². The van der Waals surface area contributed by atoms with E-state index in [4.69, 9.17) is 4.74 Å². The molecule has 0 aliphatic heterocycles. The summed E-state index contributed by atoms with van der Waals surface area (Å²) in [7, 11) is 5.35. The van der Waals surface area contributed by atoms with Crippen LogP contribution >= 0.6 is 0 Å². The summed E-state index contributed by atoms with van der Waals surface area (Å²) in [5.41, 5.74) is 2.39. The zero-order valence-electron chi connectivity index (χ0n) is 18.5. The van der Waals surface area contributed by atoms with Crippen LogP contribution in [0.1, 0.15) is 34.6 Å². The van der Waals surface area contributed by atoms with Gasteiger partial charge in [0.2, 0.25) is 0 Å². The number of carbonyl (C=O) groups is 2. The molecule has 7 nitrogen and oxygen atoms in total. The lowest BCUT2D eigenvalue weighted by molar-refractivity contribution is 0.0948. The van der Waals surface area contributed by atoms with Gasteiger partial charge in [-0.3, -0.25) is 9.59 Å². The maximum Gasteiger partial charge on any atom is 0.255 e. The van der Waals surface area contributed by atoms with Crippen LogP contribution in [0, 0.1) is 0 Å². The van der Waals surface area contributed by atoms with Crippen LogP contribution in [0.4, 0.5) is 11.4 Å². The largest absolute Gasteiger partial charge is 0.497 e. The molecule has 0 fully saturated rings. The number of nitrogens with one attached hydrogen (secondary N) is 2. The van der Waals surface area contributed by atoms with E-state index in [1.807, 2.05) is 25.1 Å². The van der Waals surface area contributed by atoms with Crippen molar-refractivity contribution < 1.29 is 14.3 Å². The summed E-state index contributed by atoms with van der Waals surface area (Å²) >= 11 is 0. The molecule has 0 atom stereocenters. The minimum Gasteiger partial charge on any atom is -0.497 e. The highest BCUT2D eigenvalue weighted by Gasteiger charge is 2.15. The molecule has 0 heterocycles. The van der Waals surface area contributed by atoms with Crippen LogP contribution in [-0.2, 0) is 0 Å². The Morgan fingerprint density at radius 2 is 1.63 bits per heavy atom. The van der Waals surface area contributed by atoms with Crippen molar-refractivity contribution in [2.24, 2.45) is 0 Å². The van der Waals surface area contributed by atoms with Crippen LogP contribution in [0.2, 0.25) is 0 Å². The molecule has 2 aromatic rings. The minimum atomic E-state index is -0.247. The van der Waals surface area contributed by atoms with Crippen molar-refractivity contribution in [3.63, 3.8) is 0 Å². The predicted octanol–water partition coefficient (Wildman–Crippen LogP) is 3.09. The minimum absolute atomic E-state index is 0.161. The van der Waals surface area contributed by atoms with E-state index in [1.54, 1.807) is 43.5 Å². The Morgan fingerprint density at radius 3 is 2.20 bits per heavy atom. The van der Waals surface area contributed by atoms with E-state index < -0.39 is 0 Å². The zero-order chi connectivity index (χ0) is 22.1. The molecule has 0 saturated heterocycles. The molecule has 2 N–H and O–H groups in total. The number of likely N-dealkylation sites (N-methyl/N-ethyl adjacent to an activating group) is 1. The van der Waals surface area contributed by atoms with Gasteiger partial charge in [0.1, 0.15) is 5.75 Å². The highest BCUT2D eigenvalue weighted by molar-refractivity contribution is 6.06. The number of hydrogen-bond donors (Lipinski definition) is 2. The second-order valence-corrected chi connectivity index (χ2v) is 7.09. The molecule has 0 radical (unpaired) electrons. The Bertz CT molecular complexity index is 846. The first kappa shape index (κ1) is 23.2. The Hall–Kier alpha value is -3.06. The van der Waals surface area contributed by atoms with Gasteiger partial charge in [0.15, 0.2) is 0 Å². The third-order valence-electron chi connectivity index (χ3n) is 4.94. The smallest absolute Gasteiger partial charge is 0.255 e. The second-order valence-electron chi connectivity index (χ2n) is 7.09. The van der Waals surface area contributed by atoms with Crippen molar-refractivity contribution in [3.05, 3.63) is 53.6 Å². The van der Waals surface area contributed by atoms with Crippen molar-refractivity contribution in [3.8, 4) is 5.75 Å². The lowest BCUT2D eigenvalue weighted by atomic mass is 10.1. The number of hydrogen-bond acceptors (Lipinski definition) is 5. The number of carbonyl (C=O) groups excluding carboxylic acids is 2. The van der Waals surface area contributed by atoms with E-state index in [2.05, 4.69) is 29.4 Å². The van der Waals surface area contributed by atoms with Crippen LogP contribution in [-0.4, -0.2) is 64.1 Å². The molecule has 0 saturated carbocycles. The van der Waals surface area contributed by atoms with Gasteiger partial charge >= 0.3 is 0 Å². The van der Waals surface area contributed by atoms with Crippen molar-refractivity contribution in [2.45, 2.75) is 13.8 Å². The van der Waals surface area contributed by atoms with E-state index in [1.165, 1.54) is 0 Å². The molecule has 0 aliphatic carbocycles. The fourth-order valence-electron chi connectivity index (χ4n) is 3.09. The summed E-state index contributed by atoms with van der Waals surface area (Å²) < 4.78 is 5.12. The molecule has 2 rings (SSSR count). The van der Waals surface area contributed by atoms with Gasteiger partial charge in [-0.25, -0.2) is 0 Å². The lowest BCUT2D eigenvalue weighted by Crippen LogP contribution is -2.35. The Labute approximate surface area is 179 Å². The highest BCUT2D eigenvalue weighted by atomic mass is 16.5. The van der Waals surface area contributed by atoms with Gasteiger partial charge in [-0.15, -0.1) is 0 Å². The third kappa shape index (κ3) is 6.22. The summed E-state index contributed by atoms with van der Waals surface area (Å²) in [6, 6.07) is 12.2. The summed E-state index contributed by atoms with van der Waals surface area (Å²) in [5.74, 6) is 0.278. The molecule has 0 aromatic heterocycles. The number of rotatable bonds is 10. The Morgan fingerprint density at radius 1 is 0.967 bits per heavy atom. The standard InChI is InChI=1S/C23H32N4O3/c1-6-27(7-2)15-14-24-23(29)20-16-18(10-13-21(20)26(3)4)25-22(28)17-8-11-19(30-5)12-9-17/h8-13,16H,6-7,14-15H2,1-5H3,(H,24,29)(H,25,28). The first-order chi connectivity index (χ1) is 14.4. The van der Waals surface area contributed by atoms with E-state index in [-0.39, 0.29) is 11.8 Å². The van der Waals surface area contributed by atoms with Gasteiger partial charge in [-0.1, -0.05) is 13.8 Å². The van der Waals surface area contributed by atoms with Gasteiger partial charge in [0.05, 0.1) is 12.7 Å². The van der Waals surface area contributed by atoms with E-state index in [0.29, 0.717) is 29.1 Å². The number of amides is 2. The molecule has 2 amide bonds. The van der Waals surface area contributed by atoms with Gasteiger partial charge < -0.3 is 25.2 Å². The SMILES string of the molecule is CCN(CC)CCNC(=O)c1cc(NC(=O)c2ccc(OC)cc2)ccc1N(C)C. The summed E-state index contributed by atoms with van der Waals surface area (Å²) in [5, 5.41) is 5.85. The molecule has 0 aliphatic rings. The van der Waals surface area contributed by atoms with Crippen molar-refractivity contribution in [2.75, 3.05) is 57.6 Å². The number of benzene rings is 2. The summed E-state index contributed by atoms with van der Waals surface area (Å²) in [6.07, 6.45) is 0. The normalized spacial score (nSPS) is 10.6. The molecular weight excluding hydrogens is 380 g/mol. The molecule has 162 valence electrons. The van der Waals surface area contributed by atoms with Crippen LogP contribution in [0.5, 0.6) is 5.75 Å². The maximum atomic E-state index is 12.8. The van der Waals surface area contributed by atoms with Crippen LogP contribution < -0.4 is 20.3 Å².